The molecule has 2 fully saturated rings. The highest BCUT2D eigenvalue weighted by atomic mass is 16.8. The molecule has 4 atom stereocenters. The van der Waals surface area contributed by atoms with Crippen LogP contribution in [0.25, 0.3) is 0 Å². The average molecular weight is 370 g/mol. The van der Waals surface area contributed by atoms with Gasteiger partial charge in [-0.3, -0.25) is 0 Å². The van der Waals surface area contributed by atoms with E-state index < -0.39 is 12.1 Å². The Morgan fingerprint density at radius 2 is 1.48 bits per heavy atom. The lowest BCUT2D eigenvalue weighted by Crippen LogP contribution is -2.38. The molecule has 2 heterocycles. The van der Waals surface area contributed by atoms with Gasteiger partial charge in [0.15, 0.2) is 12.1 Å². The number of ether oxygens (including phenoxy) is 5. The van der Waals surface area contributed by atoms with Crippen LogP contribution in [0, 0.1) is 0 Å². The number of fused-ring (bicyclic) bond motifs is 1. The van der Waals surface area contributed by atoms with E-state index in [0.29, 0.717) is 19.8 Å². The molecule has 5 heteroatoms. The summed E-state index contributed by atoms with van der Waals surface area (Å²) in [5, 5.41) is 0. The Morgan fingerprint density at radius 1 is 0.852 bits per heavy atom. The average Bonchev–Trinajstić information content (AvgIpc) is 3.13. The molecule has 2 aromatic rings. The molecule has 2 aliphatic heterocycles. The molecule has 2 saturated heterocycles. The Morgan fingerprint density at radius 3 is 2.15 bits per heavy atom. The van der Waals surface area contributed by atoms with E-state index in [9.17, 15) is 0 Å². The Bertz CT molecular complexity index is 718. The van der Waals surface area contributed by atoms with Gasteiger partial charge in [0, 0.05) is 0 Å². The van der Waals surface area contributed by atoms with E-state index in [1.54, 1.807) is 0 Å². The van der Waals surface area contributed by atoms with Crippen molar-refractivity contribution in [2.45, 2.75) is 57.5 Å². The van der Waals surface area contributed by atoms with Crippen LogP contribution in [0.2, 0.25) is 0 Å². The van der Waals surface area contributed by atoms with E-state index in [1.165, 1.54) is 0 Å². The van der Waals surface area contributed by atoms with Crippen LogP contribution >= 0.6 is 0 Å². The Balaban J connectivity index is 1.38. The van der Waals surface area contributed by atoms with Crippen LogP contribution in [0.5, 0.6) is 0 Å². The maximum atomic E-state index is 6.20. The van der Waals surface area contributed by atoms with Crippen molar-refractivity contribution in [3.63, 3.8) is 0 Å². The van der Waals surface area contributed by atoms with E-state index in [4.69, 9.17) is 23.7 Å². The van der Waals surface area contributed by atoms with E-state index >= 15 is 0 Å². The van der Waals surface area contributed by atoms with Crippen LogP contribution in [0.1, 0.15) is 25.0 Å². The second-order valence-corrected chi connectivity index (χ2v) is 7.41. The van der Waals surface area contributed by atoms with Gasteiger partial charge in [-0.1, -0.05) is 60.7 Å². The monoisotopic (exact) mass is 370 g/mol. The molecular formula is C22H26O5. The van der Waals surface area contributed by atoms with Crippen molar-refractivity contribution in [3.8, 4) is 0 Å². The molecule has 2 aliphatic rings. The Hall–Kier alpha value is -1.76. The first-order chi connectivity index (χ1) is 13.1. The molecule has 0 radical (unpaired) electrons. The van der Waals surface area contributed by atoms with Gasteiger partial charge in [0.25, 0.3) is 0 Å². The second-order valence-electron chi connectivity index (χ2n) is 7.41. The standard InChI is InChI=1S/C22H26O5/c1-22(2)26-20-19(24-14-17-11-7-4-8-12-17)18(25-21(20)27-22)15-23-13-16-9-5-3-6-10-16/h3-12,18-21H,13-15H2,1-2H3/t18-,19-,20+,21+/m1/s1. The Labute approximate surface area is 160 Å². The number of hydrogen-bond acceptors (Lipinski definition) is 5. The van der Waals surface area contributed by atoms with Crippen LogP contribution in [-0.4, -0.2) is 37.0 Å². The summed E-state index contributed by atoms with van der Waals surface area (Å²) in [6.45, 7) is 5.24. The van der Waals surface area contributed by atoms with E-state index in [0.717, 1.165) is 11.1 Å². The van der Waals surface area contributed by atoms with Crippen LogP contribution in [0.15, 0.2) is 60.7 Å². The zero-order valence-corrected chi connectivity index (χ0v) is 15.7. The van der Waals surface area contributed by atoms with Gasteiger partial charge < -0.3 is 23.7 Å². The fourth-order valence-corrected chi connectivity index (χ4v) is 3.52. The first-order valence-electron chi connectivity index (χ1n) is 9.39. The van der Waals surface area contributed by atoms with Crippen molar-refractivity contribution in [3.05, 3.63) is 71.8 Å². The van der Waals surface area contributed by atoms with Gasteiger partial charge >= 0.3 is 0 Å². The number of rotatable bonds is 7. The molecule has 5 nitrogen and oxygen atoms in total. The molecule has 0 aromatic heterocycles. The molecule has 0 unspecified atom stereocenters. The maximum absolute atomic E-state index is 6.20. The molecule has 0 N–H and O–H groups in total. The first-order valence-corrected chi connectivity index (χ1v) is 9.39. The predicted octanol–water partition coefficient (Wildman–Crippen LogP) is 3.67. The number of benzene rings is 2. The smallest absolute Gasteiger partial charge is 0.190 e. The molecule has 0 bridgehead atoms. The zero-order valence-electron chi connectivity index (χ0n) is 15.7. The maximum Gasteiger partial charge on any atom is 0.190 e. The highest BCUT2D eigenvalue weighted by Crippen LogP contribution is 2.39. The molecule has 144 valence electrons. The van der Waals surface area contributed by atoms with Gasteiger partial charge in [-0.2, -0.15) is 0 Å². The summed E-state index contributed by atoms with van der Waals surface area (Å²) in [4.78, 5) is 0. The van der Waals surface area contributed by atoms with Gasteiger partial charge in [-0.15, -0.1) is 0 Å². The van der Waals surface area contributed by atoms with Crippen molar-refractivity contribution in [2.75, 3.05) is 6.61 Å². The van der Waals surface area contributed by atoms with E-state index in [1.807, 2.05) is 74.5 Å². The molecule has 4 rings (SSSR count). The summed E-state index contributed by atoms with van der Waals surface area (Å²) < 4.78 is 30.1. The SMILES string of the molecule is CC1(C)O[C@@H]2O[C@H](COCc3ccccc3)[C@@H](OCc3ccccc3)[C@@H]2O1. The fraction of sp³-hybridized carbons (Fsp3) is 0.455. The minimum Gasteiger partial charge on any atom is -0.374 e. The topological polar surface area (TPSA) is 46.2 Å². The molecule has 0 saturated carbocycles. The summed E-state index contributed by atoms with van der Waals surface area (Å²) in [6.07, 6.45) is -1.16. The van der Waals surface area contributed by atoms with Crippen LogP contribution in [0.3, 0.4) is 0 Å². The van der Waals surface area contributed by atoms with E-state index in [-0.39, 0.29) is 18.3 Å². The predicted molar refractivity (Wildman–Crippen MR) is 99.8 cm³/mol. The largest absolute Gasteiger partial charge is 0.374 e. The Kier molecular flexibility index (Phi) is 5.57. The van der Waals surface area contributed by atoms with Crippen LogP contribution in [0.4, 0.5) is 0 Å². The van der Waals surface area contributed by atoms with Gasteiger partial charge in [0.05, 0.1) is 19.8 Å². The van der Waals surface area contributed by atoms with Crippen molar-refractivity contribution < 1.29 is 23.7 Å². The zero-order chi connectivity index (χ0) is 18.7. The summed E-state index contributed by atoms with van der Waals surface area (Å²) in [5.41, 5.74) is 2.24. The fourth-order valence-electron chi connectivity index (χ4n) is 3.52. The number of hydrogen-bond donors (Lipinski definition) is 0. The van der Waals surface area contributed by atoms with Crippen molar-refractivity contribution >= 4 is 0 Å². The van der Waals surface area contributed by atoms with Gasteiger partial charge in [-0.05, 0) is 25.0 Å². The van der Waals surface area contributed by atoms with Crippen LogP contribution in [-0.2, 0) is 36.9 Å². The lowest BCUT2D eigenvalue weighted by atomic mass is 10.1. The van der Waals surface area contributed by atoms with Crippen molar-refractivity contribution in [1.82, 2.24) is 0 Å². The third-order valence-electron chi connectivity index (χ3n) is 4.77. The molecule has 2 aromatic carbocycles. The third kappa shape index (κ3) is 4.57. The van der Waals surface area contributed by atoms with Crippen molar-refractivity contribution in [2.24, 2.45) is 0 Å². The molecule has 27 heavy (non-hydrogen) atoms. The second kappa shape index (κ2) is 8.09. The van der Waals surface area contributed by atoms with Gasteiger partial charge in [0.1, 0.15) is 18.3 Å². The first kappa shape index (κ1) is 18.6. The molecule has 0 aliphatic carbocycles. The highest BCUT2D eigenvalue weighted by Gasteiger charge is 2.55. The molecular weight excluding hydrogens is 344 g/mol. The highest BCUT2D eigenvalue weighted by molar-refractivity contribution is 5.14. The molecule has 0 amide bonds. The van der Waals surface area contributed by atoms with E-state index in [2.05, 4.69) is 0 Å². The van der Waals surface area contributed by atoms with Crippen molar-refractivity contribution in [1.29, 1.82) is 0 Å². The summed E-state index contributed by atoms with van der Waals surface area (Å²) in [7, 11) is 0. The molecule has 0 spiro atoms. The lowest BCUT2D eigenvalue weighted by Gasteiger charge is -2.26. The summed E-state index contributed by atoms with van der Waals surface area (Å²) >= 11 is 0. The summed E-state index contributed by atoms with van der Waals surface area (Å²) in [6, 6.07) is 20.2. The lowest BCUT2D eigenvalue weighted by molar-refractivity contribution is -0.225. The van der Waals surface area contributed by atoms with Crippen LogP contribution < -0.4 is 0 Å². The normalized spacial score (nSPS) is 29.0. The quantitative estimate of drug-likeness (QED) is 0.744. The van der Waals surface area contributed by atoms with Gasteiger partial charge in [-0.25, -0.2) is 0 Å². The third-order valence-corrected chi connectivity index (χ3v) is 4.77. The van der Waals surface area contributed by atoms with Gasteiger partial charge in [0.2, 0.25) is 0 Å². The summed E-state index contributed by atoms with van der Waals surface area (Å²) in [5.74, 6) is -0.667. The minimum atomic E-state index is -0.667. The minimum absolute atomic E-state index is 0.233.